The van der Waals surface area contributed by atoms with Crippen LogP contribution in [-0.2, 0) is 6.42 Å². The fourth-order valence-corrected chi connectivity index (χ4v) is 2.55. The standard InChI is InChI=1S/C14H20.ClH/c1-2-6-12-7-5-10-14(11-12)13-8-3-4-9-13;/h5,7,10-11,13H,2-4,6,8-9H2,1H3;1H/p-1. The predicted molar refractivity (Wildman–Crippen MR) is 61.6 cm³/mol. The molecule has 1 aliphatic rings. The first-order chi connectivity index (χ1) is 6.90. The van der Waals surface area contributed by atoms with Gasteiger partial charge in [-0.25, -0.2) is 0 Å². The summed E-state index contributed by atoms with van der Waals surface area (Å²) in [7, 11) is 0. The van der Waals surface area contributed by atoms with Crippen LogP contribution in [0.25, 0.3) is 0 Å². The van der Waals surface area contributed by atoms with Crippen LogP contribution in [0, 0.1) is 0 Å². The van der Waals surface area contributed by atoms with Crippen LogP contribution in [0.5, 0.6) is 0 Å². The Balaban J connectivity index is 0.00000112. The summed E-state index contributed by atoms with van der Waals surface area (Å²) >= 11 is 0. The molecule has 1 saturated carbocycles. The van der Waals surface area contributed by atoms with E-state index < -0.39 is 0 Å². The molecule has 0 atom stereocenters. The van der Waals surface area contributed by atoms with E-state index in [0.717, 1.165) is 5.92 Å². The first kappa shape index (κ1) is 12.6. The van der Waals surface area contributed by atoms with E-state index >= 15 is 0 Å². The van der Waals surface area contributed by atoms with E-state index in [1.54, 1.807) is 5.56 Å². The molecule has 0 amide bonds. The summed E-state index contributed by atoms with van der Waals surface area (Å²) in [6, 6.07) is 9.25. The van der Waals surface area contributed by atoms with Crippen LogP contribution in [0.3, 0.4) is 0 Å². The molecule has 0 nitrogen and oxygen atoms in total. The van der Waals surface area contributed by atoms with Gasteiger partial charge in [0.2, 0.25) is 0 Å². The summed E-state index contributed by atoms with van der Waals surface area (Å²) in [5.41, 5.74) is 3.12. The number of hydrogen-bond acceptors (Lipinski definition) is 0. The highest BCUT2D eigenvalue weighted by Crippen LogP contribution is 2.34. The smallest absolute Gasteiger partial charge is 0.0162 e. The van der Waals surface area contributed by atoms with Crippen LogP contribution in [0.15, 0.2) is 24.3 Å². The van der Waals surface area contributed by atoms with Crippen molar-refractivity contribution in [1.29, 1.82) is 0 Å². The zero-order valence-corrected chi connectivity index (χ0v) is 10.3. The molecule has 0 N–H and O–H groups in total. The summed E-state index contributed by atoms with van der Waals surface area (Å²) in [5, 5.41) is 0. The first-order valence-electron chi connectivity index (χ1n) is 5.99. The predicted octanol–water partition coefficient (Wildman–Crippen LogP) is 1.30. The van der Waals surface area contributed by atoms with Gasteiger partial charge in [-0.05, 0) is 36.3 Å². The molecule has 15 heavy (non-hydrogen) atoms. The van der Waals surface area contributed by atoms with Crippen LogP contribution in [-0.4, -0.2) is 0 Å². The zero-order valence-electron chi connectivity index (χ0n) is 9.51. The molecule has 1 aromatic carbocycles. The second kappa shape index (κ2) is 6.17. The van der Waals surface area contributed by atoms with E-state index in [0.29, 0.717) is 0 Å². The topological polar surface area (TPSA) is 0 Å². The number of rotatable bonds is 3. The maximum atomic E-state index is 2.43. The second-order valence-corrected chi connectivity index (χ2v) is 4.48. The quantitative estimate of drug-likeness (QED) is 0.725. The Hall–Kier alpha value is -0.490. The monoisotopic (exact) mass is 223 g/mol. The molecular weight excluding hydrogens is 204 g/mol. The van der Waals surface area contributed by atoms with Crippen LogP contribution >= 0.6 is 0 Å². The third kappa shape index (κ3) is 3.24. The van der Waals surface area contributed by atoms with Crippen LogP contribution in [0.2, 0.25) is 0 Å². The maximum Gasteiger partial charge on any atom is -0.0162 e. The minimum Gasteiger partial charge on any atom is -1.00 e. The van der Waals surface area contributed by atoms with Crippen LogP contribution in [0.1, 0.15) is 56.1 Å². The van der Waals surface area contributed by atoms with E-state index in [9.17, 15) is 0 Å². The van der Waals surface area contributed by atoms with E-state index in [-0.39, 0.29) is 12.4 Å². The van der Waals surface area contributed by atoms with Crippen molar-refractivity contribution in [3.05, 3.63) is 35.4 Å². The summed E-state index contributed by atoms with van der Waals surface area (Å²) in [6.07, 6.45) is 8.19. The molecule has 2 rings (SSSR count). The summed E-state index contributed by atoms with van der Waals surface area (Å²) in [5.74, 6) is 0.867. The highest BCUT2D eigenvalue weighted by atomic mass is 35.5. The van der Waals surface area contributed by atoms with Crippen molar-refractivity contribution >= 4 is 0 Å². The Bertz CT molecular complexity index is 287. The van der Waals surface area contributed by atoms with Crippen LogP contribution < -0.4 is 12.4 Å². The normalized spacial score (nSPS) is 16.3. The molecule has 1 aromatic rings. The lowest BCUT2D eigenvalue weighted by Gasteiger charge is -2.10. The average molecular weight is 224 g/mol. The van der Waals surface area contributed by atoms with Crippen molar-refractivity contribution < 1.29 is 12.4 Å². The van der Waals surface area contributed by atoms with Gasteiger partial charge in [-0.3, -0.25) is 0 Å². The summed E-state index contributed by atoms with van der Waals surface area (Å²) < 4.78 is 0. The highest BCUT2D eigenvalue weighted by molar-refractivity contribution is 5.27. The lowest BCUT2D eigenvalue weighted by atomic mass is 9.95. The molecular formula is C14H20Cl-. The summed E-state index contributed by atoms with van der Waals surface area (Å²) in [4.78, 5) is 0. The van der Waals surface area contributed by atoms with Crippen molar-refractivity contribution in [1.82, 2.24) is 0 Å². The van der Waals surface area contributed by atoms with Crippen LogP contribution in [0.4, 0.5) is 0 Å². The molecule has 0 saturated heterocycles. The third-order valence-corrected chi connectivity index (χ3v) is 3.32. The maximum absolute atomic E-state index is 2.43. The van der Waals surface area contributed by atoms with Gasteiger partial charge >= 0.3 is 0 Å². The molecule has 1 heteroatoms. The average Bonchev–Trinajstić information content (AvgIpc) is 2.71. The fourth-order valence-electron chi connectivity index (χ4n) is 2.55. The van der Waals surface area contributed by atoms with Crippen molar-refractivity contribution in [2.75, 3.05) is 0 Å². The minimum absolute atomic E-state index is 0. The fraction of sp³-hybridized carbons (Fsp3) is 0.571. The highest BCUT2D eigenvalue weighted by Gasteiger charge is 2.16. The molecule has 0 radical (unpaired) electrons. The Morgan fingerprint density at radius 3 is 2.60 bits per heavy atom. The number of hydrogen-bond donors (Lipinski definition) is 0. The zero-order chi connectivity index (χ0) is 9.80. The Morgan fingerprint density at radius 1 is 1.20 bits per heavy atom. The number of aryl methyl sites for hydroxylation is 1. The van der Waals surface area contributed by atoms with Gasteiger partial charge in [0.05, 0.1) is 0 Å². The van der Waals surface area contributed by atoms with Gasteiger partial charge in [0.1, 0.15) is 0 Å². The Morgan fingerprint density at radius 2 is 1.93 bits per heavy atom. The molecule has 0 heterocycles. The molecule has 1 fully saturated rings. The van der Waals surface area contributed by atoms with Gasteiger partial charge in [-0.1, -0.05) is 50.5 Å². The number of benzene rings is 1. The van der Waals surface area contributed by atoms with Crippen molar-refractivity contribution in [3.8, 4) is 0 Å². The largest absolute Gasteiger partial charge is 1.00 e. The van der Waals surface area contributed by atoms with Crippen molar-refractivity contribution in [2.24, 2.45) is 0 Å². The summed E-state index contributed by atoms with van der Waals surface area (Å²) in [6.45, 7) is 2.25. The van der Waals surface area contributed by atoms with Crippen molar-refractivity contribution in [3.63, 3.8) is 0 Å². The Kier molecular flexibility index (Phi) is 5.17. The van der Waals surface area contributed by atoms with E-state index in [4.69, 9.17) is 0 Å². The minimum atomic E-state index is 0. The molecule has 0 spiro atoms. The molecule has 0 aliphatic heterocycles. The number of halogens is 1. The molecule has 0 aromatic heterocycles. The van der Waals surface area contributed by atoms with E-state index in [1.165, 1.54) is 44.1 Å². The lowest BCUT2D eigenvalue weighted by molar-refractivity contribution is -0.00000297. The Labute approximate surface area is 99.5 Å². The molecule has 84 valence electrons. The van der Waals surface area contributed by atoms with Gasteiger partial charge in [0.25, 0.3) is 0 Å². The molecule has 0 bridgehead atoms. The van der Waals surface area contributed by atoms with Gasteiger partial charge in [0.15, 0.2) is 0 Å². The molecule has 1 aliphatic carbocycles. The SMILES string of the molecule is CCCc1cccc(C2CCCC2)c1.[Cl-]. The van der Waals surface area contributed by atoms with E-state index in [1.807, 2.05) is 0 Å². The van der Waals surface area contributed by atoms with E-state index in [2.05, 4.69) is 31.2 Å². The third-order valence-electron chi connectivity index (χ3n) is 3.32. The second-order valence-electron chi connectivity index (χ2n) is 4.48. The van der Waals surface area contributed by atoms with Gasteiger partial charge in [-0.15, -0.1) is 0 Å². The lowest BCUT2D eigenvalue weighted by Crippen LogP contribution is -3.00. The van der Waals surface area contributed by atoms with Crippen molar-refractivity contribution in [2.45, 2.75) is 51.4 Å². The first-order valence-corrected chi connectivity index (χ1v) is 5.99. The van der Waals surface area contributed by atoms with Gasteiger partial charge in [0, 0.05) is 0 Å². The van der Waals surface area contributed by atoms with Gasteiger partial charge < -0.3 is 12.4 Å². The van der Waals surface area contributed by atoms with Gasteiger partial charge in [-0.2, -0.15) is 0 Å². The molecule has 0 unspecified atom stereocenters.